The molecule has 0 atom stereocenters. The van der Waals surface area contributed by atoms with Gasteiger partial charge in [0.1, 0.15) is 11.0 Å². The molecule has 0 unspecified atom stereocenters. The Hall–Kier alpha value is -4.44. The summed E-state index contributed by atoms with van der Waals surface area (Å²) in [5.41, 5.74) is 4.57. The predicted octanol–water partition coefficient (Wildman–Crippen LogP) is 5.12. The summed E-state index contributed by atoms with van der Waals surface area (Å²) in [5.74, 6) is -0.336. The molecule has 2 aromatic heterocycles. The van der Waals surface area contributed by atoms with Gasteiger partial charge in [0.05, 0.1) is 16.4 Å². The molecule has 0 saturated carbocycles. The number of hydrogen-bond acceptors (Lipinski definition) is 6. The Morgan fingerprint density at radius 2 is 1.83 bits per heavy atom. The number of carbonyl (C=O) groups is 1. The van der Waals surface area contributed by atoms with Crippen LogP contribution in [-0.2, 0) is 4.79 Å². The number of amides is 1. The number of hydrogen-bond donors (Lipinski definition) is 2. The van der Waals surface area contributed by atoms with Crippen LogP contribution in [-0.4, -0.2) is 31.1 Å². The zero-order valence-electron chi connectivity index (χ0n) is 19.4. The van der Waals surface area contributed by atoms with Crippen LogP contribution in [0, 0.1) is 24.0 Å². The molecule has 0 saturated heterocycles. The summed E-state index contributed by atoms with van der Waals surface area (Å²) < 4.78 is 1.55. The number of carbonyl (C=O) groups excluding carboxylic acids is 1. The smallest absolute Gasteiger partial charge is 0.283 e. The number of para-hydroxylation sites is 1. The van der Waals surface area contributed by atoms with Crippen LogP contribution in [0.2, 0.25) is 0 Å². The number of anilines is 1. The molecule has 1 amide bonds. The SMILES string of the molecule is Cc1cccc(-n2c(SCC(=O)Nc3ccc([N+](=O)[O-])cc3)nc3c([nH]c4ccccc43)c2=O)c1C. The van der Waals surface area contributed by atoms with Gasteiger partial charge < -0.3 is 10.3 Å². The summed E-state index contributed by atoms with van der Waals surface area (Å²) in [4.78, 5) is 44.8. The lowest BCUT2D eigenvalue weighted by Crippen LogP contribution is -2.23. The van der Waals surface area contributed by atoms with Crippen LogP contribution < -0.4 is 10.9 Å². The maximum Gasteiger partial charge on any atom is 0.283 e. The van der Waals surface area contributed by atoms with Crippen LogP contribution in [0.4, 0.5) is 11.4 Å². The highest BCUT2D eigenvalue weighted by atomic mass is 32.2. The van der Waals surface area contributed by atoms with Gasteiger partial charge in [0.25, 0.3) is 11.2 Å². The standard InChI is InChI=1S/C26H21N5O4S/c1-15-6-5-9-21(16(15)2)30-25(33)24-23(19-7-3-4-8-20(19)28-24)29-26(30)36-14-22(32)27-17-10-12-18(13-11-17)31(34)35/h3-13,28H,14H2,1-2H3,(H,27,32). The molecule has 0 aliphatic carbocycles. The van der Waals surface area contributed by atoms with E-state index in [0.717, 1.165) is 33.8 Å². The molecule has 10 heteroatoms. The van der Waals surface area contributed by atoms with Gasteiger partial charge in [-0.3, -0.25) is 24.3 Å². The van der Waals surface area contributed by atoms with Crippen molar-refractivity contribution < 1.29 is 9.72 Å². The Morgan fingerprint density at radius 3 is 2.58 bits per heavy atom. The first-order valence-corrected chi connectivity index (χ1v) is 12.1. The maximum absolute atomic E-state index is 13.7. The number of H-pyrrole nitrogens is 1. The molecular weight excluding hydrogens is 478 g/mol. The number of nitrogens with zero attached hydrogens (tertiary/aromatic N) is 3. The fourth-order valence-electron chi connectivity index (χ4n) is 4.02. The van der Waals surface area contributed by atoms with E-state index in [4.69, 9.17) is 4.98 Å². The highest BCUT2D eigenvalue weighted by molar-refractivity contribution is 7.99. The average Bonchev–Trinajstić information content (AvgIpc) is 3.24. The molecule has 36 heavy (non-hydrogen) atoms. The molecule has 0 bridgehead atoms. The van der Waals surface area contributed by atoms with Gasteiger partial charge in [0.2, 0.25) is 5.91 Å². The van der Waals surface area contributed by atoms with Crippen LogP contribution in [0.3, 0.4) is 0 Å². The molecule has 5 aromatic rings. The first-order valence-electron chi connectivity index (χ1n) is 11.1. The molecule has 0 fully saturated rings. The molecule has 0 aliphatic heterocycles. The molecule has 0 radical (unpaired) electrons. The van der Waals surface area contributed by atoms with Crippen LogP contribution >= 0.6 is 11.8 Å². The molecule has 2 heterocycles. The number of non-ortho nitro benzene ring substituents is 1. The Morgan fingerprint density at radius 1 is 1.08 bits per heavy atom. The monoisotopic (exact) mass is 499 g/mol. The first kappa shape index (κ1) is 23.3. The third kappa shape index (κ3) is 4.22. The molecule has 0 spiro atoms. The van der Waals surface area contributed by atoms with E-state index in [1.165, 1.54) is 24.3 Å². The molecule has 2 N–H and O–H groups in total. The quantitative estimate of drug-likeness (QED) is 0.145. The van der Waals surface area contributed by atoms with E-state index in [0.29, 0.717) is 27.6 Å². The molecule has 9 nitrogen and oxygen atoms in total. The van der Waals surface area contributed by atoms with Gasteiger partial charge in [-0.1, -0.05) is 42.1 Å². The summed E-state index contributed by atoms with van der Waals surface area (Å²) in [5, 5.41) is 14.8. The van der Waals surface area contributed by atoms with Crippen molar-refractivity contribution in [3.63, 3.8) is 0 Å². The van der Waals surface area contributed by atoms with Gasteiger partial charge in [0, 0.05) is 28.7 Å². The minimum atomic E-state index is -0.499. The lowest BCUT2D eigenvalue weighted by molar-refractivity contribution is -0.384. The van der Waals surface area contributed by atoms with Crippen molar-refractivity contribution in [1.82, 2.24) is 14.5 Å². The number of nitrogens with one attached hydrogen (secondary N) is 2. The fourth-order valence-corrected chi connectivity index (χ4v) is 4.82. The summed E-state index contributed by atoms with van der Waals surface area (Å²) in [6, 6.07) is 18.9. The Bertz CT molecular complexity index is 1710. The highest BCUT2D eigenvalue weighted by Crippen LogP contribution is 2.28. The zero-order chi connectivity index (χ0) is 25.4. The Labute approximate surface area is 209 Å². The van der Waals surface area contributed by atoms with Gasteiger partial charge in [-0.25, -0.2) is 4.98 Å². The van der Waals surface area contributed by atoms with Crippen LogP contribution in [0.5, 0.6) is 0 Å². The Balaban J connectivity index is 1.53. The molecule has 3 aromatic carbocycles. The van der Waals surface area contributed by atoms with Crippen molar-refractivity contribution in [2.24, 2.45) is 0 Å². The van der Waals surface area contributed by atoms with E-state index in [1.807, 2.05) is 56.3 Å². The largest absolute Gasteiger partial charge is 0.349 e. The number of aromatic nitrogens is 3. The van der Waals surface area contributed by atoms with Crippen molar-refractivity contribution in [2.75, 3.05) is 11.1 Å². The highest BCUT2D eigenvalue weighted by Gasteiger charge is 2.19. The van der Waals surface area contributed by atoms with Crippen molar-refractivity contribution in [2.45, 2.75) is 19.0 Å². The molecule has 0 aliphatic rings. The third-order valence-corrected chi connectivity index (χ3v) is 6.94. The number of fused-ring (bicyclic) bond motifs is 3. The summed E-state index contributed by atoms with van der Waals surface area (Å²) >= 11 is 1.15. The second kappa shape index (κ2) is 9.31. The number of nitro benzene ring substituents is 1. The average molecular weight is 500 g/mol. The fraction of sp³-hybridized carbons (Fsp3) is 0.115. The topological polar surface area (TPSA) is 123 Å². The molecule has 180 valence electrons. The number of aromatic amines is 1. The number of nitro groups is 1. The van der Waals surface area contributed by atoms with Gasteiger partial charge >= 0.3 is 0 Å². The predicted molar refractivity (Wildman–Crippen MR) is 141 cm³/mol. The number of rotatable bonds is 6. The van der Waals surface area contributed by atoms with Crippen LogP contribution in [0.25, 0.3) is 27.6 Å². The minimum Gasteiger partial charge on any atom is -0.349 e. The summed E-state index contributed by atoms with van der Waals surface area (Å²) in [6.07, 6.45) is 0. The first-order chi connectivity index (χ1) is 17.3. The lowest BCUT2D eigenvalue weighted by atomic mass is 10.1. The van der Waals surface area contributed by atoms with Gasteiger partial charge in [0.15, 0.2) is 5.16 Å². The van der Waals surface area contributed by atoms with Gasteiger partial charge in [-0.2, -0.15) is 0 Å². The normalized spacial score (nSPS) is 11.2. The van der Waals surface area contributed by atoms with E-state index < -0.39 is 4.92 Å². The van der Waals surface area contributed by atoms with Gasteiger partial charge in [-0.15, -0.1) is 0 Å². The van der Waals surface area contributed by atoms with E-state index in [2.05, 4.69) is 10.3 Å². The molecular formula is C26H21N5O4S. The van der Waals surface area contributed by atoms with E-state index in [9.17, 15) is 19.7 Å². The van der Waals surface area contributed by atoms with E-state index >= 15 is 0 Å². The minimum absolute atomic E-state index is 0.0118. The van der Waals surface area contributed by atoms with E-state index in [-0.39, 0.29) is 22.9 Å². The van der Waals surface area contributed by atoms with Gasteiger partial charge in [-0.05, 0) is 49.2 Å². The molecule has 5 rings (SSSR count). The maximum atomic E-state index is 13.7. The van der Waals surface area contributed by atoms with Crippen molar-refractivity contribution in [1.29, 1.82) is 0 Å². The second-order valence-electron chi connectivity index (χ2n) is 8.29. The Kier molecular flexibility index (Phi) is 6.03. The summed E-state index contributed by atoms with van der Waals surface area (Å²) in [6.45, 7) is 3.92. The number of aryl methyl sites for hydroxylation is 1. The summed E-state index contributed by atoms with van der Waals surface area (Å²) in [7, 11) is 0. The third-order valence-electron chi connectivity index (χ3n) is 6.01. The van der Waals surface area contributed by atoms with Crippen molar-refractivity contribution >= 4 is 51.0 Å². The lowest BCUT2D eigenvalue weighted by Gasteiger charge is -2.15. The van der Waals surface area contributed by atoms with Crippen LogP contribution in [0.15, 0.2) is 76.7 Å². The van der Waals surface area contributed by atoms with Crippen molar-refractivity contribution in [3.05, 3.63) is 98.3 Å². The zero-order valence-corrected chi connectivity index (χ0v) is 20.3. The second-order valence-corrected chi connectivity index (χ2v) is 9.23. The van der Waals surface area contributed by atoms with Crippen LogP contribution in [0.1, 0.15) is 11.1 Å². The number of thioether (sulfide) groups is 1. The van der Waals surface area contributed by atoms with Crippen molar-refractivity contribution in [3.8, 4) is 5.69 Å². The van der Waals surface area contributed by atoms with E-state index in [1.54, 1.807) is 4.57 Å². The number of benzene rings is 3.